The van der Waals surface area contributed by atoms with Crippen LogP contribution in [0.5, 0.6) is 0 Å². The zero-order valence-corrected chi connectivity index (χ0v) is 8.43. The monoisotopic (exact) mass is 215 g/mol. The summed E-state index contributed by atoms with van der Waals surface area (Å²) in [5.41, 5.74) is 0.548. The predicted octanol–water partition coefficient (Wildman–Crippen LogP) is 1.43. The Morgan fingerprint density at radius 1 is 1.36 bits per heavy atom. The Labute approximate surface area is 83.0 Å². The Morgan fingerprint density at radius 3 is 2.57 bits per heavy atom. The fourth-order valence-corrected chi connectivity index (χ4v) is 1.77. The maximum atomic E-state index is 11.3. The summed E-state index contributed by atoms with van der Waals surface area (Å²) in [5, 5.41) is 18.0. The average molecular weight is 215 g/mol. The molecular formula is C9H12O4P+. The lowest BCUT2D eigenvalue weighted by atomic mass is 10.2. The molecule has 4 nitrogen and oxygen atoms in total. The fourth-order valence-electron chi connectivity index (χ4n) is 0.948. The molecule has 0 radical (unpaired) electrons. The van der Waals surface area contributed by atoms with Crippen molar-refractivity contribution in [3.05, 3.63) is 35.9 Å². The van der Waals surface area contributed by atoms with E-state index in [0.717, 1.165) is 0 Å². The number of aliphatic hydroxyl groups is 2. The van der Waals surface area contributed by atoms with E-state index in [1.165, 1.54) is 0 Å². The van der Waals surface area contributed by atoms with Crippen LogP contribution in [0.3, 0.4) is 0 Å². The van der Waals surface area contributed by atoms with E-state index >= 15 is 0 Å². The summed E-state index contributed by atoms with van der Waals surface area (Å²) in [6.45, 7) is -0.234. The number of hydrogen-bond acceptors (Lipinski definition) is 4. The largest absolute Gasteiger partial charge is 0.545 e. The van der Waals surface area contributed by atoms with Crippen molar-refractivity contribution in [3.8, 4) is 0 Å². The Balaban J connectivity index is 2.57. The molecular weight excluding hydrogens is 203 g/mol. The zero-order chi connectivity index (χ0) is 10.4. The Kier molecular flexibility index (Phi) is 4.70. The summed E-state index contributed by atoms with van der Waals surface area (Å²) in [4.78, 5) is 0. The van der Waals surface area contributed by atoms with Gasteiger partial charge in [0.1, 0.15) is 6.61 Å². The molecule has 2 atom stereocenters. The predicted molar refractivity (Wildman–Crippen MR) is 52.0 cm³/mol. The first-order valence-electron chi connectivity index (χ1n) is 4.19. The van der Waals surface area contributed by atoms with Crippen LogP contribution in [-0.4, -0.2) is 23.4 Å². The van der Waals surface area contributed by atoms with Gasteiger partial charge >= 0.3 is 13.9 Å². The smallest absolute Gasteiger partial charge is 0.394 e. The Hall–Kier alpha value is -0.800. The number of benzene rings is 1. The van der Waals surface area contributed by atoms with Crippen molar-refractivity contribution in [2.24, 2.45) is 0 Å². The highest BCUT2D eigenvalue weighted by molar-refractivity contribution is 7.39. The van der Waals surface area contributed by atoms with Gasteiger partial charge in [-0.25, -0.2) is 0 Å². The van der Waals surface area contributed by atoms with Gasteiger partial charge in [-0.05, 0) is 4.57 Å². The van der Waals surface area contributed by atoms with E-state index in [2.05, 4.69) is 0 Å². The topological polar surface area (TPSA) is 66.8 Å². The zero-order valence-electron chi connectivity index (χ0n) is 7.54. The highest BCUT2D eigenvalue weighted by atomic mass is 31.1. The molecule has 0 aliphatic carbocycles. The molecule has 1 rings (SSSR count). The summed E-state index contributed by atoms with van der Waals surface area (Å²) >= 11 is 0. The molecule has 0 fully saturated rings. The van der Waals surface area contributed by atoms with E-state index in [4.69, 9.17) is 9.63 Å². The van der Waals surface area contributed by atoms with Gasteiger partial charge in [0, 0.05) is 5.56 Å². The molecule has 2 N–H and O–H groups in total. The standard InChI is InChI=1S/C9H12O4P/c10-6-7-13-14(12)9(11)8-4-2-1-3-5-8/h1-5,9-11H,6-7H2/q+1. The first-order chi connectivity index (χ1) is 6.75. The van der Waals surface area contributed by atoms with Crippen molar-refractivity contribution in [1.29, 1.82) is 0 Å². The van der Waals surface area contributed by atoms with Crippen LogP contribution in [0.15, 0.2) is 30.3 Å². The summed E-state index contributed by atoms with van der Waals surface area (Å²) in [5.74, 6) is -1.13. The van der Waals surface area contributed by atoms with Gasteiger partial charge in [0.25, 0.3) is 0 Å². The molecule has 0 aromatic heterocycles. The summed E-state index contributed by atoms with van der Waals surface area (Å²) in [6, 6.07) is 8.62. The number of rotatable bonds is 5. The maximum absolute atomic E-state index is 11.3. The molecule has 5 heteroatoms. The molecule has 2 unspecified atom stereocenters. The molecule has 0 spiro atoms. The van der Waals surface area contributed by atoms with Crippen molar-refractivity contribution < 1.29 is 19.3 Å². The number of hydrogen-bond donors (Lipinski definition) is 2. The van der Waals surface area contributed by atoms with Crippen LogP contribution in [0.4, 0.5) is 0 Å². The third-order valence-electron chi connectivity index (χ3n) is 1.61. The van der Waals surface area contributed by atoms with E-state index in [-0.39, 0.29) is 13.2 Å². The van der Waals surface area contributed by atoms with E-state index in [1.54, 1.807) is 30.3 Å². The van der Waals surface area contributed by atoms with E-state index < -0.39 is 13.9 Å². The quantitative estimate of drug-likeness (QED) is 0.729. The Morgan fingerprint density at radius 2 is 2.00 bits per heavy atom. The Bertz CT molecular complexity index is 288. The van der Waals surface area contributed by atoms with Crippen molar-refractivity contribution in [2.75, 3.05) is 13.2 Å². The third-order valence-corrected chi connectivity index (χ3v) is 2.74. The minimum absolute atomic E-state index is 0.0287. The first-order valence-corrected chi connectivity index (χ1v) is 5.43. The molecule has 0 saturated carbocycles. The highest BCUT2D eigenvalue weighted by Gasteiger charge is 2.31. The van der Waals surface area contributed by atoms with Crippen LogP contribution >= 0.6 is 8.03 Å². The minimum atomic E-state index is -2.18. The van der Waals surface area contributed by atoms with Gasteiger partial charge in [0.15, 0.2) is 0 Å². The molecule has 1 aromatic carbocycles. The molecule has 0 amide bonds. The van der Waals surface area contributed by atoms with Gasteiger partial charge in [0.2, 0.25) is 0 Å². The van der Waals surface area contributed by atoms with Crippen molar-refractivity contribution in [1.82, 2.24) is 0 Å². The van der Waals surface area contributed by atoms with E-state index in [9.17, 15) is 9.67 Å². The summed E-state index contributed by atoms with van der Waals surface area (Å²) in [6.07, 6.45) is 0. The van der Waals surface area contributed by atoms with Crippen LogP contribution in [-0.2, 0) is 9.09 Å². The van der Waals surface area contributed by atoms with Gasteiger partial charge in [-0.2, -0.15) is 0 Å². The van der Waals surface area contributed by atoms with Crippen LogP contribution in [0, 0.1) is 0 Å². The second-order valence-corrected chi connectivity index (χ2v) is 3.94. The molecule has 0 aliphatic rings. The summed E-state index contributed by atoms with van der Waals surface area (Å²) < 4.78 is 16.0. The maximum Gasteiger partial charge on any atom is 0.545 e. The van der Waals surface area contributed by atoms with Crippen molar-refractivity contribution >= 4 is 8.03 Å². The van der Waals surface area contributed by atoms with Crippen LogP contribution in [0.1, 0.15) is 11.4 Å². The van der Waals surface area contributed by atoms with Gasteiger partial charge in [0.05, 0.1) is 6.61 Å². The van der Waals surface area contributed by atoms with E-state index in [1.807, 2.05) is 0 Å². The first kappa shape index (κ1) is 11.3. The highest BCUT2D eigenvalue weighted by Crippen LogP contribution is 2.39. The molecule has 0 heterocycles. The normalized spacial score (nSPS) is 13.7. The minimum Gasteiger partial charge on any atom is -0.394 e. The lowest BCUT2D eigenvalue weighted by molar-refractivity contribution is 0.183. The molecule has 76 valence electrons. The summed E-state index contributed by atoms with van der Waals surface area (Å²) in [7, 11) is -2.18. The van der Waals surface area contributed by atoms with Crippen molar-refractivity contribution in [3.63, 3.8) is 0 Å². The van der Waals surface area contributed by atoms with Gasteiger partial charge < -0.3 is 10.2 Å². The van der Waals surface area contributed by atoms with Gasteiger partial charge in [-0.1, -0.05) is 30.3 Å². The van der Waals surface area contributed by atoms with Crippen LogP contribution in [0.2, 0.25) is 0 Å². The fraction of sp³-hybridized carbons (Fsp3) is 0.333. The lowest BCUT2D eigenvalue weighted by Crippen LogP contribution is -1.97. The molecule has 1 aromatic rings. The number of aliphatic hydroxyl groups excluding tert-OH is 2. The van der Waals surface area contributed by atoms with Crippen LogP contribution < -0.4 is 0 Å². The second-order valence-electron chi connectivity index (χ2n) is 2.63. The van der Waals surface area contributed by atoms with Crippen molar-refractivity contribution in [2.45, 2.75) is 5.85 Å². The third kappa shape index (κ3) is 3.16. The van der Waals surface area contributed by atoms with Gasteiger partial charge in [-0.3, -0.25) is 0 Å². The molecule has 0 aliphatic heterocycles. The molecule has 0 bridgehead atoms. The average Bonchev–Trinajstić information content (AvgIpc) is 2.26. The SMILES string of the molecule is O=[P+](OCCO)C(O)c1ccccc1. The van der Waals surface area contributed by atoms with Crippen LogP contribution in [0.25, 0.3) is 0 Å². The van der Waals surface area contributed by atoms with E-state index in [0.29, 0.717) is 5.56 Å². The lowest BCUT2D eigenvalue weighted by Gasteiger charge is -1.98. The molecule has 0 saturated heterocycles. The molecule has 14 heavy (non-hydrogen) atoms. The van der Waals surface area contributed by atoms with Gasteiger partial charge in [-0.15, -0.1) is 4.52 Å². The second kappa shape index (κ2) is 5.83.